The van der Waals surface area contributed by atoms with Gasteiger partial charge in [0, 0.05) is 22.9 Å². The number of carbonyl (C=O) groups excluding carboxylic acids is 1. The molecule has 10 heteroatoms. The van der Waals surface area contributed by atoms with Crippen molar-refractivity contribution >= 4 is 28.6 Å². The summed E-state index contributed by atoms with van der Waals surface area (Å²) in [6.07, 6.45) is 0. The second-order valence-electron chi connectivity index (χ2n) is 10.8. The molecule has 4 N–H and O–H groups in total. The SMILES string of the molecule is CC(C)(C)OCCN(C(N)=O)c1n[nH]c2ccc(-c3ccc(NCC(C)(C)c4ccc(F)cc4)nn3)cc12. The maximum atomic E-state index is 13.3. The van der Waals surface area contributed by atoms with Gasteiger partial charge in [-0.05, 0) is 62.7 Å². The lowest BCUT2D eigenvalue weighted by atomic mass is 9.84. The molecule has 2 aromatic heterocycles. The first-order valence-corrected chi connectivity index (χ1v) is 12.5. The van der Waals surface area contributed by atoms with Gasteiger partial charge in [-0.3, -0.25) is 10.00 Å². The van der Waals surface area contributed by atoms with Crippen molar-refractivity contribution in [3.8, 4) is 11.3 Å². The van der Waals surface area contributed by atoms with Crippen molar-refractivity contribution < 1.29 is 13.9 Å². The fraction of sp³-hybridized carbons (Fsp3) is 0.357. The van der Waals surface area contributed by atoms with Gasteiger partial charge in [0.05, 0.1) is 30.0 Å². The topological polar surface area (TPSA) is 122 Å². The minimum Gasteiger partial charge on any atom is -0.374 e. The number of anilines is 2. The molecule has 2 amide bonds. The van der Waals surface area contributed by atoms with Crippen molar-refractivity contribution in [3.63, 3.8) is 0 Å². The number of hydrogen-bond donors (Lipinski definition) is 3. The van der Waals surface area contributed by atoms with Crippen LogP contribution in [0.4, 0.5) is 20.8 Å². The zero-order valence-corrected chi connectivity index (χ0v) is 22.4. The predicted molar refractivity (Wildman–Crippen MR) is 148 cm³/mol. The molecule has 38 heavy (non-hydrogen) atoms. The van der Waals surface area contributed by atoms with E-state index in [1.165, 1.54) is 17.0 Å². The first-order chi connectivity index (χ1) is 17.9. The first-order valence-electron chi connectivity index (χ1n) is 12.5. The summed E-state index contributed by atoms with van der Waals surface area (Å²) in [5, 5.41) is 20.1. The van der Waals surface area contributed by atoms with Crippen LogP contribution in [0.15, 0.2) is 54.6 Å². The second kappa shape index (κ2) is 10.7. The third-order valence-electron chi connectivity index (χ3n) is 6.21. The number of H-pyrrole nitrogens is 1. The molecule has 0 spiro atoms. The van der Waals surface area contributed by atoms with Gasteiger partial charge in [0.25, 0.3) is 0 Å². The summed E-state index contributed by atoms with van der Waals surface area (Å²) in [6.45, 7) is 11.2. The van der Waals surface area contributed by atoms with Gasteiger partial charge in [-0.25, -0.2) is 9.18 Å². The van der Waals surface area contributed by atoms with Gasteiger partial charge in [-0.15, -0.1) is 10.2 Å². The molecule has 0 bridgehead atoms. The Hall–Kier alpha value is -4.05. The molecule has 200 valence electrons. The molecule has 9 nitrogen and oxygen atoms in total. The number of fused-ring (bicyclic) bond motifs is 1. The van der Waals surface area contributed by atoms with Crippen LogP contribution in [0.25, 0.3) is 22.2 Å². The number of aromatic nitrogens is 4. The number of nitrogens with one attached hydrogen (secondary N) is 2. The Morgan fingerprint density at radius 1 is 1.05 bits per heavy atom. The van der Waals surface area contributed by atoms with E-state index >= 15 is 0 Å². The second-order valence-corrected chi connectivity index (χ2v) is 10.8. The van der Waals surface area contributed by atoms with Crippen molar-refractivity contribution in [3.05, 3.63) is 66.0 Å². The summed E-state index contributed by atoms with van der Waals surface area (Å²) in [5.41, 5.74) is 8.38. The molecule has 0 aliphatic carbocycles. The molecular formula is C28H34FN7O2. The summed E-state index contributed by atoms with van der Waals surface area (Å²) in [5.74, 6) is 0.811. The van der Waals surface area contributed by atoms with E-state index in [0.29, 0.717) is 30.5 Å². The van der Waals surface area contributed by atoms with Crippen LogP contribution in [-0.2, 0) is 10.2 Å². The highest BCUT2D eigenvalue weighted by Gasteiger charge is 2.22. The molecule has 0 radical (unpaired) electrons. The van der Waals surface area contributed by atoms with E-state index in [2.05, 4.69) is 39.6 Å². The highest BCUT2D eigenvalue weighted by atomic mass is 19.1. The van der Waals surface area contributed by atoms with Crippen molar-refractivity contribution in [2.45, 2.75) is 45.6 Å². The number of primary amides is 1. The lowest BCUT2D eigenvalue weighted by Crippen LogP contribution is -2.39. The van der Waals surface area contributed by atoms with Crippen molar-refractivity contribution in [2.24, 2.45) is 5.73 Å². The average molecular weight is 520 g/mol. The van der Waals surface area contributed by atoms with E-state index in [9.17, 15) is 9.18 Å². The zero-order chi connectivity index (χ0) is 27.5. The Morgan fingerprint density at radius 2 is 1.79 bits per heavy atom. The molecule has 0 fully saturated rings. The number of halogens is 1. The Kier molecular flexibility index (Phi) is 7.63. The van der Waals surface area contributed by atoms with E-state index in [-0.39, 0.29) is 23.4 Å². The summed E-state index contributed by atoms with van der Waals surface area (Å²) in [7, 11) is 0. The number of urea groups is 1. The van der Waals surface area contributed by atoms with E-state index in [4.69, 9.17) is 10.5 Å². The number of nitrogens with zero attached hydrogens (tertiary/aromatic N) is 4. The maximum Gasteiger partial charge on any atom is 0.320 e. The summed E-state index contributed by atoms with van der Waals surface area (Å²) < 4.78 is 19.1. The average Bonchev–Trinajstić information content (AvgIpc) is 3.28. The van der Waals surface area contributed by atoms with E-state index in [1.807, 2.05) is 51.1 Å². The molecular weight excluding hydrogens is 485 g/mol. The quantitative estimate of drug-likeness (QED) is 0.278. The molecule has 2 aromatic carbocycles. The standard InChI is InChI=1S/C28H34FN7O2/c1-27(2,3)38-15-14-36(26(30)37)25-21-16-18(6-11-23(21)33-35-25)22-12-13-24(34-32-22)31-17-28(4,5)19-7-9-20(29)10-8-19/h6-13,16H,14-15,17H2,1-5H3,(H2,30,37)(H,31,34)(H,33,35). The lowest BCUT2D eigenvalue weighted by molar-refractivity contribution is 0.00182. The molecule has 0 aliphatic rings. The third kappa shape index (κ3) is 6.44. The van der Waals surface area contributed by atoms with E-state index in [0.717, 1.165) is 22.0 Å². The fourth-order valence-corrected chi connectivity index (χ4v) is 4.02. The molecule has 2 heterocycles. The van der Waals surface area contributed by atoms with Crippen LogP contribution in [0, 0.1) is 5.82 Å². The first kappa shape index (κ1) is 27.0. The number of aromatic amines is 1. The Labute approximate surface area is 221 Å². The van der Waals surface area contributed by atoms with Gasteiger partial charge >= 0.3 is 6.03 Å². The molecule has 0 unspecified atom stereocenters. The minimum atomic E-state index is -0.611. The number of benzene rings is 2. The van der Waals surface area contributed by atoms with Crippen molar-refractivity contribution in [2.75, 3.05) is 29.9 Å². The maximum absolute atomic E-state index is 13.3. The summed E-state index contributed by atoms with van der Waals surface area (Å²) >= 11 is 0. The number of carbonyl (C=O) groups is 1. The molecule has 0 saturated carbocycles. The van der Waals surface area contributed by atoms with Gasteiger partial charge in [0.1, 0.15) is 11.6 Å². The van der Waals surface area contributed by atoms with Crippen LogP contribution in [0.1, 0.15) is 40.2 Å². The molecule has 0 saturated heterocycles. The van der Waals surface area contributed by atoms with E-state index < -0.39 is 6.03 Å². The third-order valence-corrected chi connectivity index (χ3v) is 6.21. The van der Waals surface area contributed by atoms with Crippen LogP contribution in [0.5, 0.6) is 0 Å². The minimum absolute atomic E-state index is 0.235. The number of nitrogens with two attached hydrogens (primary N) is 1. The van der Waals surface area contributed by atoms with Gasteiger partial charge in [0.2, 0.25) is 0 Å². The largest absolute Gasteiger partial charge is 0.374 e. The van der Waals surface area contributed by atoms with Crippen molar-refractivity contribution in [1.29, 1.82) is 0 Å². The normalized spacial score (nSPS) is 12.1. The van der Waals surface area contributed by atoms with Crippen molar-refractivity contribution in [1.82, 2.24) is 20.4 Å². The fourth-order valence-electron chi connectivity index (χ4n) is 4.02. The van der Waals surface area contributed by atoms with Gasteiger partial charge < -0.3 is 15.8 Å². The lowest BCUT2D eigenvalue weighted by Gasteiger charge is -2.25. The van der Waals surface area contributed by atoms with Gasteiger partial charge in [-0.1, -0.05) is 32.0 Å². The number of hydrogen-bond acceptors (Lipinski definition) is 6. The van der Waals surface area contributed by atoms with E-state index in [1.54, 1.807) is 12.1 Å². The predicted octanol–water partition coefficient (Wildman–Crippen LogP) is 5.25. The van der Waals surface area contributed by atoms with Crippen LogP contribution >= 0.6 is 0 Å². The van der Waals surface area contributed by atoms with Crippen LogP contribution in [0.2, 0.25) is 0 Å². The van der Waals surface area contributed by atoms with Crippen LogP contribution in [-0.4, -0.2) is 51.7 Å². The molecule has 0 aliphatic heterocycles. The molecule has 0 atom stereocenters. The monoisotopic (exact) mass is 519 g/mol. The number of ether oxygens (including phenoxy) is 1. The number of rotatable bonds is 9. The van der Waals surface area contributed by atoms with Gasteiger partial charge in [0.15, 0.2) is 5.82 Å². The summed E-state index contributed by atoms with van der Waals surface area (Å²) in [4.78, 5) is 13.6. The Morgan fingerprint density at radius 3 is 2.42 bits per heavy atom. The Bertz CT molecular complexity index is 1390. The number of amides is 2. The summed E-state index contributed by atoms with van der Waals surface area (Å²) in [6, 6.07) is 15.4. The van der Waals surface area contributed by atoms with Gasteiger partial charge in [-0.2, -0.15) is 5.10 Å². The highest BCUT2D eigenvalue weighted by molar-refractivity contribution is 6.01. The van der Waals surface area contributed by atoms with Crippen LogP contribution < -0.4 is 16.0 Å². The highest BCUT2D eigenvalue weighted by Crippen LogP contribution is 2.29. The molecule has 4 rings (SSSR count). The zero-order valence-electron chi connectivity index (χ0n) is 22.4. The van der Waals surface area contributed by atoms with Crippen LogP contribution in [0.3, 0.4) is 0 Å². The Balaban J connectivity index is 1.49. The smallest absolute Gasteiger partial charge is 0.320 e. The molecule has 4 aromatic rings.